The van der Waals surface area contributed by atoms with E-state index in [2.05, 4.69) is 16.0 Å². The zero-order valence-electron chi connectivity index (χ0n) is 12.7. The van der Waals surface area contributed by atoms with E-state index in [0.717, 1.165) is 13.0 Å². The molecule has 116 valence electrons. The largest absolute Gasteiger partial charge is 0.481 e. The second-order valence-electron chi connectivity index (χ2n) is 6.50. The molecule has 1 aliphatic rings. The summed E-state index contributed by atoms with van der Waals surface area (Å²) in [7, 11) is 0. The molecule has 4 N–H and O–H groups in total. The molecule has 0 saturated heterocycles. The van der Waals surface area contributed by atoms with Crippen LogP contribution in [0.15, 0.2) is 0 Å². The minimum absolute atomic E-state index is 0.0693. The molecule has 20 heavy (non-hydrogen) atoms. The molecule has 0 spiro atoms. The highest BCUT2D eigenvalue weighted by atomic mass is 16.4. The molecule has 6 heteroatoms. The van der Waals surface area contributed by atoms with Gasteiger partial charge in [0, 0.05) is 18.6 Å². The normalized spacial score (nSPS) is 16.6. The first-order chi connectivity index (χ1) is 9.29. The third-order valence-electron chi connectivity index (χ3n) is 3.38. The lowest BCUT2D eigenvalue weighted by Crippen LogP contribution is -2.49. The van der Waals surface area contributed by atoms with Crippen LogP contribution in [-0.4, -0.2) is 42.3 Å². The first-order valence-electron chi connectivity index (χ1n) is 7.28. The van der Waals surface area contributed by atoms with Crippen LogP contribution in [0.25, 0.3) is 0 Å². The number of carbonyl (C=O) groups is 2. The fourth-order valence-corrected chi connectivity index (χ4v) is 1.84. The molecule has 6 nitrogen and oxygen atoms in total. The highest BCUT2D eigenvalue weighted by Gasteiger charge is 2.28. The van der Waals surface area contributed by atoms with Gasteiger partial charge in [0.2, 0.25) is 0 Å². The average molecular weight is 285 g/mol. The van der Waals surface area contributed by atoms with Gasteiger partial charge in [-0.2, -0.15) is 0 Å². The average Bonchev–Trinajstić information content (AvgIpc) is 3.10. The summed E-state index contributed by atoms with van der Waals surface area (Å²) >= 11 is 0. The van der Waals surface area contributed by atoms with Gasteiger partial charge in [-0.1, -0.05) is 20.8 Å². The van der Waals surface area contributed by atoms with Gasteiger partial charge in [0.15, 0.2) is 0 Å². The van der Waals surface area contributed by atoms with Crippen LogP contribution in [0.2, 0.25) is 0 Å². The number of carboxylic acid groups (broad SMARTS) is 1. The summed E-state index contributed by atoms with van der Waals surface area (Å²) in [4.78, 5) is 22.6. The van der Waals surface area contributed by atoms with Crippen molar-refractivity contribution in [2.45, 2.75) is 58.5 Å². The summed E-state index contributed by atoms with van der Waals surface area (Å²) in [5.41, 5.74) is -0.288. The van der Waals surface area contributed by atoms with Crippen molar-refractivity contribution in [3.63, 3.8) is 0 Å². The smallest absolute Gasteiger partial charge is 0.315 e. The number of carboxylic acids is 1. The van der Waals surface area contributed by atoms with Crippen LogP contribution in [0.3, 0.4) is 0 Å². The van der Waals surface area contributed by atoms with Gasteiger partial charge in [-0.3, -0.25) is 4.79 Å². The Bertz CT molecular complexity index is 335. The first kappa shape index (κ1) is 16.8. The van der Waals surface area contributed by atoms with Gasteiger partial charge in [0.1, 0.15) is 0 Å². The molecule has 0 bridgehead atoms. The Morgan fingerprint density at radius 2 is 1.90 bits per heavy atom. The molecule has 0 radical (unpaired) electrons. The van der Waals surface area contributed by atoms with E-state index < -0.39 is 5.97 Å². The predicted octanol–water partition coefficient (Wildman–Crippen LogP) is 1.32. The summed E-state index contributed by atoms with van der Waals surface area (Å²) in [6.45, 7) is 7.25. The van der Waals surface area contributed by atoms with E-state index in [-0.39, 0.29) is 23.9 Å². The summed E-state index contributed by atoms with van der Waals surface area (Å²) in [5, 5.41) is 17.8. The van der Waals surface area contributed by atoms with Crippen molar-refractivity contribution in [3.8, 4) is 0 Å². The number of amides is 2. The Morgan fingerprint density at radius 1 is 1.25 bits per heavy atom. The van der Waals surface area contributed by atoms with Crippen molar-refractivity contribution in [2.75, 3.05) is 13.1 Å². The van der Waals surface area contributed by atoms with Gasteiger partial charge < -0.3 is 21.1 Å². The molecule has 0 aromatic heterocycles. The molecular weight excluding hydrogens is 258 g/mol. The van der Waals surface area contributed by atoms with E-state index in [0.29, 0.717) is 12.6 Å². The van der Waals surface area contributed by atoms with Gasteiger partial charge >= 0.3 is 12.0 Å². The lowest BCUT2D eigenvalue weighted by Gasteiger charge is -2.30. The molecule has 0 aliphatic heterocycles. The molecule has 1 rings (SSSR count). The Labute approximate surface area is 120 Å². The number of hydrogen-bond acceptors (Lipinski definition) is 3. The highest BCUT2D eigenvalue weighted by Crippen LogP contribution is 2.21. The minimum Gasteiger partial charge on any atom is -0.481 e. The SMILES string of the molecule is CC(C)(C)C(CC(=O)O)NC(=O)NCCCNC1CC1. The van der Waals surface area contributed by atoms with E-state index in [4.69, 9.17) is 5.11 Å². The molecule has 1 unspecified atom stereocenters. The Hall–Kier alpha value is -1.30. The van der Waals surface area contributed by atoms with E-state index in [1.807, 2.05) is 20.8 Å². The van der Waals surface area contributed by atoms with Crippen molar-refractivity contribution in [1.29, 1.82) is 0 Å². The van der Waals surface area contributed by atoms with Crippen molar-refractivity contribution in [3.05, 3.63) is 0 Å². The quantitative estimate of drug-likeness (QED) is 0.506. The molecule has 1 atom stereocenters. The van der Waals surface area contributed by atoms with Crippen LogP contribution in [0.1, 0.15) is 46.5 Å². The molecule has 1 saturated carbocycles. The zero-order valence-corrected chi connectivity index (χ0v) is 12.7. The van der Waals surface area contributed by atoms with E-state index >= 15 is 0 Å². The molecular formula is C14H27N3O3. The van der Waals surface area contributed by atoms with Gasteiger partial charge in [-0.05, 0) is 31.2 Å². The topological polar surface area (TPSA) is 90.5 Å². The molecule has 0 aromatic carbocycles. The summed E-state index contributed by atoms with van der Waals surface area (Å²) in [6, 6.07) is 0.00634. The van der Waals surface area contributed by atoms with Crippen molar-refractivity contribution in [1.82, 2.24) is 16.0 Å². The number of urea groups is 1. The monoisotopic (exact) mass is 285 g/mol. The van der Waals surface area contributed by atoms with Gasteiger partial charge in [0.25, 0.3) is 0 Å². The maximum absolute atomic E-state index is 11.8. The standard InChI is InChI=1S/C14H27N3O3/c1-14(2,3)11(9-12(18)19)17-13(20)16-8-4-7-15-10-5-6-10/h10-11,15H,4-9H2,1-3H3,(H,18,19)(H2,16,17,20). The highest BCUT2D eigenvalue weighted by molar-refractivity contribution is 5.75. The lowest BCUT2D eigenvalue weighted by molar-refractivity contribution is -0.138. The van der Waals surface area contributed by atoms with E-state index in [9.17, 15) is 9.59 Å². The Balaban J connectivity index is 2.20. The molecule has 2 amide bonds. The van der Waals surface area contributed by atoms with Crippen LogP contribution < -0.4 is 16.0 Å². The number of carbonyl (C=O) groups excluding carboxylic acids is 1. The van der Waals surface area contributed by atoms with Crippen LogP contribution in [0.4, 0.5) is 4.79 Å². The summed E-state index contributed by atoms with van der Waals surface area (Å²) < 4.78 is 0. The van der Waals surface area contributed by atoms with Crippen LogP contribution in [-0.2, 0) is 4.79 Å². The lowest BCUT2D eigenvalue weighted by atomic mass is 9.85. The Kier molecular flexibility index (Phi) is 6.26. The van der Waals surface area contributed by atoms with Crippen molar-refractivity contribution >= 4 is 12.0 Å². The Morgan fingerprint density at radius 3 is 2.40 bits per heavy atom. The number of nitrogens with one attached hydrogen (secondary N) is 3. The molecule has 0 aromatic rings. The second kappa shape index (κ2) is 7.47. The molecule has 1 fully saturated rings. The number of aliphatic carboxylic acids is 1. The van der Waals surface area contributed by atoms with Gasteiger partial charge in [-0.15, -0.1) is 0 Å². The third-order valence-corrected chi connectivity index (χ3v) is 3.38. The van der Waals surface area contributed by atoms with Crippen LogP contribution >= 0.6 is 0 Å². The number of rotatable bonds is 8. The second-order valence-corrected chi connectivity index (χ2v) is 6.50. The van der Waals surface area contributed by atoms with Crippen molar-refractivity contribution < 1.29 is 14.7 Å². The zero-order chi connectivity index (χ0) is 15.2. The first-order valence-corrected chi connectivity index (χ1v) is 7.28. The fourth-order valence-electron chi connectivity index (χ4n) is 1.84. The van der Waals surface area contributed by atoms with Gasteiger partial charge in [-0.25, -0.2) is 4.79 Å². The predicted molar refractivity (Wildman–Crippen MR) is 77.7 cm³/mol. The van der Waals surface area contributed by atoms with Crippen LogP contribution in [0, 0.1) is 5.41 Å². The van der Waals surface area contributed by atoms with E-state index in [1.165, 1.54) is 12.8 Å². The third kappa shape index (κ3) is 7.33. The maximum Gasteiger partial charge on any atom is 0.315 e. The summed E-state index contributed by atoms with van der Waals surface area (Å²) in [6.07, 6.45) is 3.33. The molecule has 0 heterocycles. The van der Waals surface area contributed by atoms with Crippen LogP contribution in [0.5, 0.6) is 0 Å². The maximum atomic E-state index is 11.8. The van der Waals surface area contributed by atoms with Gasteiger partial charge in [0.05, 0.1) is 6.42 Å². The van der Waals surface area contributed by atoms with Crippen molar-refractivity contribution in [2.24, 2.45) is 5.41 Å². The fraction of sp³-hybridized carbons (Fsp3) is 0.857. The minimum atomic E-state index is -0.904. The molecule has 1 aliphatic carbocycles. The number of hydrogen-bond donors (Lipinski definition) is 4. The summed E-state index contributed by atoms with van der Waals surface area (Å²) in [5.74, 6) is -0.904. The van der Waals surface area contributed by atoms with E-state index in [1.54, 1.807) is 0 Å².